The minimum Gasteiger partial charge on any atom is -0.484 e. The topological polar surface area (TPSA) is 35.5 Å². The SMILES string of the molecule is COC(=O)CC1(Oc2c(I)cc(I)cc2I)CCC1. The van der Waals surface area contributed by atoms with Gasteiger partial charge in [-0.2, -0.15) is 0 Å². The highest BCUT2D eigenvalue weighted by molar-refractivity contribution is 14.1. The first-order valence-corrected chi connectivity index (χ1v) is 9.10. The molecule has 3 nitrogen and oxygen atoms in total. The lowest BCUT2D eigenvalue weighted by atomic mass is 9.77. The van der Waals surface area contributed by atoms with Gasteiger partial charge in [-0.1, -0.05) is 0 Å². The van der Waals surface area contributed by atoms with Crippen molar-refractivity contribution in [2.45, 2.75) is 31.3 Å². The van der Waals surface area contributed by atoms with Crippen LogP contribution in [0.1, 0.15) is 25.7 Å². The maximum atomic E-state index is 11.5. The Bertz CT molecular complexity index is 475. The van der Waals surface area contributed by atoms with Gasteiger partial charge in [0, 0.05) is 3.57 Å². The summed E-state index contributed by atoms with van der Waals surface area (Å²) < 4.78 is 14.3. The van der Waals surface area contributed by atoms with E-state index < -0.39 is 0 Å². The van der Waals surface area contributed by atoms with Crippen LogP contribution in [-0.2, 0) is 9.53 Å². The van der Waals surface area contributed by atoms with Crippen molar-refractivity contribution in [2.75, 3.05) is 7.11 Å². The monoisotopic (exact) mass is 598 g/mol. The van der Waals surface area contributed by atoms with E-state index in [-0.39, 0.29) is 11.6 Å². The fourth-order valence-electron chi connectivity index (χ4n) is 2.06. The molecule has 1 aliphatic rings. The molecule has 0 saturated heterocycles. The number of methoxy groups -OCH3 is 1. The lowest BCUT2D eigenvalue weighted by Gasteiger charge is -2.41. The molecule has 2 rings (SSSR count). The highest BCUT2D eigenvalue weighted by Gasteiger charge is 2.42. The molecule has 0 amide bonds. The van der Waals surface area contributed by atoms with Crippen molar-refractivity contribution in [1.82, 2.24) is 0 Å². The van der Waals surface area contributed by atoms with E-state index in [1.807, 2.05) is 0 Å². The van der Waals surface area contributed by atoms with E-state index in [0.29, 0.717) is 6.42 Å². The minimum absolute atomic E-state index is 0.199. The summed E-state index contributed by atoms with van der Waals surface area (Å²) in [6, 6.07) is 4.17. The van der Waals surface area contributed by atoms with E-state index in [1.54, 1.807) is 0 Å². The molecule has 104 valence electrons. The van der Waals surface area contributed by atoms with Crippen LogP contribution in [0, 0.1) is 10.7 Å². The smallest absolute Gasteiger partial charge is 0.309 e. The standard InChI is InChI=1S/C13H13I3O3/c1-18-11(17)7-13(3-2-4-13)19-12-9(15)5-8(14)6-10(12)16/h5-6H,2-4,7H2,1H3. The van der Waals surface area contributed by atoms with E-state index in [4.69, 9.17) is 9.47 Å². The summed E-state index contributed by atoms with van der Waals surface area (Å²) in [4.78, 5) is 11.5. The first-order valence-electron chi connectivity index (χ1n) is 5.86. The number of rotatable bonds is 4. The van der Waals surface area contributed by atoms with Gasteiger partial charge in [-0.25, -0.2) is 0 Å². The molecule has 1 aromatic carbocycles. The predicted octanol–water partition coefficient (Wildman–Crippen LogP) is 4.37. The first kappa shape index (κ1) is 16.1. The second-order valence-corrected chi connectivity index (χ2v) is 8.16. The van der Waals surface area contributed by atoms with Crippen molar-refractivity contribution in [2.24, 2.45) is 0 Å². The van der Waals surface area contributed by atoms with Crippen molar-refractivity contribution < 1.29 is 14.3 Å². The molecule has 0 aliphatic heterocycles. The molecule has 0 bridgehead atoms. The van der Waals surface area contributed by atoms with Crippen LogP contribution in [0.2, 0.25) is 0 Å². The number of esters is 1. The molecule has 1 aromatic rings. The van der Waals surface area contributed by atoms with Gasteiger partial charge in [0.1, 0.15) is 11.4 Å². The summed E-state index contributed by atoms with van der Waals surface area (Å²) in [5, 5.41) is 0. The highest BCUT2D eigenvalue weighted by Crippen LogP contribution is 2.42. The summed E-state index contributed by atoms with van der Waals surface area (Å²) in [7, 11) is 1.42. The van der Waals surface area contributed by atoms with Crippen molar-refractivity contribution >= 4 is 73.7 Å². The number of hydrogen-bond acceptors (Lipinski definition) is 3. The van der Waals surface area contributed by atoms with Gasteiger partial charge in [-0.3, -0.25) is 4.79 Å². The molecule has 0 unspecified atom stereocenters. The van der Waals surface area contributed by atoms with E-state index >= 15 is 0 Å². The van der Waals surface area contributed by atoms with Crippen molar-refractivity contribution in [3.8, 4) is 5.75 Å². The van der Waals surface area contributed by atoms with Gasteiger partial charge in [0.25, 0.3) is 0 Å². The average molecular weight is 598 g/mol. The summed E-state index contributed by atoms with van der Waals surface area (Å²) in [6.45, 7) is 0. The second kappa shape index (κ2) is 6.63. The number of carbonyl (C=O) groups excluding carboxylic acids is 1. The molecule has 0 aromatic heterocycles. The third kappa shape index (κ3) is 3.86. The fraction of sp³-hybridized carbons (Fsp3) is 0.462. The molecular formula is C13H13I3O3. The van der Waals surface area contributed by atoms with Gasteiger partial charge in [0.2, 0.25) is 0 Å². The van der Waals surface area contributed by atoms with Crippen LogP contribution in [0.5, 0.6) is 5.75 Å². The van der Waals surface area contributed by atoms with Crippen LogP contribution >= 0.6 is 67.8 Å². The van der Waals surface area contributed by atoms with E-state index in [9.17, 15) is 4.79 Å². The predicted molar refractivity (Wildman–Crippen MR) is 98.4 cm³/mol. The average Bonchev–Trinajstić information content (AvgIpc) is 2.29. The van der Waals surface area contributed by atoms with Crippen LogP contribution in [-0.4, -0.2) is 18.7 Å². The van der Waals surface area contributed by atoms with Crippen LogP contribution in [0.4, 0.5) is 0 Å². The van der Waals surface area contributed by atoms with Gasteiger partial charge in [0.15, 0.2) is 0 Å². The number of hydrogen-bond donors (Lipinski definition) is 0. The van der Waals surface area contributed by atoms with E-state index in [1.165, 1.54) is 10.7 Å². The Morgan fingerprint density at radius 1 is 1.26 bits per heavy atom. The zero-order chi connectivity index (χ0) is 14.0. The first-order chi connectivity index (χ1) is 8.96. The third-order valence-electron chi connectivity index (χ3n) is 3.24. The van der Waals surface area contributed by atoms with Gasteiger partial charge >= 0.3 is 5.97 Å². The van der Waals surface area contributed by atoms with E-state index in [2.05, 4.69) is 79.9 Å². The lowest BCUT2D eigenvalue weighted by molar-refractivity contribution is -0.148. The number of benzene rings is 1. The Kier molecular flexibility index (Phi) is 5.60. The third-order valence-corrected chi connectivity index (χ3v) is 5.47. The Morgan fingerprint density at radius 2 is 1.84 bits per heavy atom. The van der Waals surface area contributed by atoms with Crippen molar-refractivity contribution in [1.29, 1.82) is 0 Å². The number of halogens is 3. The van der Waals surface area contributed by atoms with Gasteiger partial charge in [-0.05, 0) is 99.2 Å². The molecule has 1 aliphatic carbocycles. The molecule has 0 atom stereocenters. The summed E-state index contributed by atoms with van der Waals surface area (Å²) >= 11 is 6.86. The number of ether oxygens (including phenoxy) is 2. The Labute approximate surface area is 153 Å². The molecule has 0 radical (unpaired) electrons. The highest BCUT2D eigenvalue weighted by atomic mass is 127. The normalized spacial score (nSPS) is 16.6. The summed E-state index contributed by atoms with van der Waals surface area (Å²) in [6.07, 6.45) is 3.27. The molecular weight excluding hydrogens is 585 g/mol. The van der Waals surface area contributed by atoms with E-state index in [0.717, 1.165) is 32.2 Å². The summed E-state index contributed by atoms with van der Waals surface area (Å²) in [5.41, 5.74) is -0.361. The van der Waals surface area contributed by atoms with Crippen LogP contribution in [0.25, 0.3) is 0 Å². The number of carbonyl (C=O) groups is 1. The summed E-state index contributed by atoms with van der Waals surface area (Å²) in [5.74, 6) is 0.695. The van der Waals surface area contributed by atoms with Gasteiger partial charge < -0.3 is 9.47 Å². The molecule has 0 spiro atoms. The van der Waals surface area contributed by atoms with Crippen LogP contribution in [0.15, 0.2) is 12.1 Å². The van der Waals surface area contributed by atoms with Gasteiger partial charge in [0.05, 0.1) is 20.7 Å². The lowest BCUT2D eigenvalue weighted by Crippen LogP contribution is -2.45. The molecule has 6 heteroatoms. The maximum Gasteiger partial charge on any atom is 0.309 e. The Balaban J connectivity index is 2.21. The molecule has 1 fully saturated rings. The van der Waals surface area contributed by atoms with Crippen LogP contribution < -0.4 is 4.74 Å². The Hall–Kier alpha value is 0.680. The quantitative estimate of drug-likeness (QED) is 0.382. The van der Waals surface area contributed by atoms with Gasteiger partial charge in [-0.15, -0.1) is 0 Å². The van der Waals surface area contributed by atoms with Crippen molar-refractivity contribution in [3.63, 3.8) is 0 Å². The largest absolute Gasteiger partial charge is 0.484 e. The second-order valence-electron chi connectivity index (χ2n) is 4.59. The molecule has 19 heavy (non-hydrogen) atoms. The molecule has 0 heterocycles. The van der Waals surface area contributed by atoms with Crippen LogP contribution in [0.3, 0.4) is 0 Å². The zero-order valence-corrected chi connectivity index (χ0v) is 16.8. The maximum absolute atomic E-state index is 11.5. The fourth-order valence-corrected chi connectivity index (χ4v) is 5.87. The molecule has 1 saturated carbocycles. The molecule has 0 N–H and O–H groups in total. The zero-order valence-electron chi connectivity index (χ0n) is 10.3. The van der Waals surface area contributed by atoms with Crippen molar-refractivity contribution in [3.05, 3.63) is 22.8 Å². The Morgan fingerprint density at radius 3 is 2.26 bits per heavy atom. The minimum atomic E-state index is -0.361.